The van der Waals surface area contributed by atoms with Crippen LogP contribution in [0.15, 0.2) is 23.8 Å². The van der Waals surface area contributed by atoms with Crippen molar-refractivity contribution in [2.24, 2.45) is 5.92 Å². The van der Waals surface area contributed by atoms with Crippen LogP contribution in [0.3, 0.4) is 0 Å². The molecule has 0 aliphatic carbocycles. The molecule has 92 valence electrons. The van der Waals surface area contributed by atoms with E-state index in [4.69, 9.17) is 5.41 Å². The molecule has 0 saturated heterocycles. The van der Waals surface area contributed by atoms with E-state index in [1.165, 1.54) is 0 Å². The maximum absolute atomic E-state index is 14.3. The first-order valence-electron chi connectivity index (χ1n) is 5.81. The highest BCUT2D eigenvalue weighted by Gasteiger charge is 2.33. The van der Waals surface area contributed by atoms with Crippen LogP contribution in [0, 0.1) is 11.3 Å². The summed E-state index contributed by atoms with van der Waals surface area (Å²) in [5.74, 6) is -0.205. The molecule has 0 aliphatic rings. The Kier molecular flexibility index (Phi) is 5.63. The van der Waals surface area contributed by atoms with Gasteiger partial charge >= 0.3 is 0 Å². The third kappa shape index (κ3) is 3.92. The Morgan fingerprint density at radius 2 is 2.00 bits per heavy atom. The summed E-state index contributed by atoms with van der Waals surface area (Å²) in [7, 11) is 0. The lowest BCUT2D eigenvalue weighted by Gasteiger charge is -2.31. The molecule has 0 bridgehead atoms. The molecule has 0 spiro atoms. The lowest BCUT2D eigenvalue weighted by Crippen LogP contribution is -2.30. The van der Waals surface area contributed by atoms with Crippen LogP contribution in [0.2, 0.25) is 0 Å². The van der Waals surface area contributed by atoms with Crippen molar-refractivity contribution in [2.45, 2.75) is 53.1 Å². The zero-order chi connectivity index (χ0) is 12.9. The van der Waals surface area contributed by atoms with E-state index < -0.39 is 5.67 Å². The maximum Gasteiger partial charge on any atom is 0.114 e. The fraction of sp³-hybridized carbons (Fsp3) is 0.643. The minimum atomic E-state index is -1.24. The molecule has 2 unspecified atom stereocenters. The number of nitrogens with one attached hydrogen (secondary N) is 1. The second-order valence-electron chi connectivity index (χ2n) is 4.67. The fourth-order valence-electron chi connectivity index (χ4n) is 1.85. The molecule has 0 radical (unpaired) electrons. The lowest BCUT2D eigenvalue weighted by atomic mass is 9.79. The molecule has 0 aromatic heterocycles. The lowest BCUT2D eigenvalue weighted by molar-refractivity contribution is 0.118. The first-order valence-corrected chi connectivity index (χ1v) is 5.81. The van der Waals surface area contributed by atoms with E-state index >= 15 is 0 Å². The molecule has 2 atom stereocenters. The van der Waals surface area contributed by atoms with E-state index in [0.717, 1.165) is 11.1 Å². The molecule has 0 aromatic rings. The van der Waals surface area contributed by atoms with Crippen molar-refractivity contribution in [3.8, 4) is 0 Å². The van der Waals surface area contributed by atoms with Gasteiger partial charge in [-0.05, 0) is 46.1 Å². The Hall–Kier alpha value is -0.920. The Labute approximate surface area is 99.0 Å². The average Bonchev–Trinajstić information content (AvgIpc) is 2.17. The van der Waals surface area contributed by atoms with Gasteiger partial charge < -0.3 is 5.41 Å². The van der Waals surface area contributed by atoms with Crippen molar-refractivity contribution in [3.63, 3.8) is 0 Å². The van der Waals surface area contributed by atoms with Crippen LogP contribution >= 0.6 is 0 Å². The number of hydrogen-bond donors (Lipinski definition) is 1. The quantitative estimate of drug-likeness (QED) is 0.501. The standard InChI is InChI=1S/C14H24FN/c1-7-12(11(5)16)9-13(10(3)4)14(6,15)8-2/h7,13,16H,3,8-9H2,1-2,4-6H3. The number of rotatable bonds is 6. The molecule has 0 aliphatic heterocycles. The predicted octanol–water partition coefficient (Wildman–Crippen LogP) is 4.69. The molecule has 0 saturated carbocycles. The SMILES string of the molecule is C=C(C)C(CC(=CC)C(C)=N)C(C)(F)CC. The topological polar surface area (TPSA) is 23.9 Å². The van der Waals surface area contributed by atoms with Crippen molar-refractivity contribution < 1.29 is 4.39 Å². The van der Waals surface area contributed by atoms with Crippen LogP contribution in [-0.4, -0.2) is 11.4 Å². The van der Waals surface area contributed by atoms with Gasteiger partial charge in [-0.15, -0.1) is 0 Å². The van der Waals surface area contributed by atoms with Gasteiger partial charge in [-0.2, -0.15) is 0 Å². The molecule has 0 amide bonds. The monoisotopic (exact) mass is 225 g/mol. The number of alkyl halides is 1. The summed E-state index contributed by atoms with van der Waals surface area (Å²) in [6.45, 7) is 12.9. The zero-order valence-electron chi connectivity index (χ0n) is 11.2. The zero-order valence-corrected chi connectivity index (χ0v) is 11.2. The molecule has 0 rings (SSSR count). The summed E-state index contributed by atoms with van der Waals surface area (Å²) in [6, 6.07) is 0. The first kappa shape index (κ1) is 15.1. The van der Waals surface area contributed by atoms with Crippen LogP contribution in [0.4, 0.5) is 4.39 Å². The molecule has 0 heterocycles. The Morgan fingerprint density at radius 3 is 2.25 bits per heavy atom. The number of hydrogen-bond acceptors (Lipinski definition) is 1. The van der Waals surface area contributed by atoms with E-state index in [1.807, 2.05) is 26.8 Å². The summed E-state index contributed by atoms with van der Waals surface area (Å²) in [4.78, 5) is 0. The molecule has 0 aromatic carbocycles. The van der Waals surface area contributed by atoms with Crippen LogP contribution in [0.25, 0.3) is 0 Å². The van der Waals surface area contributed by atoms with Crippen molar-refractivity contribution in [1.29, 1.82) is 5.41 Å². The molecule has 1 N–H and O–H groups in total. The van der Waals surface area contributed by atoms with Crippen molar-refractivity contribution in [1.82, 2.24) is 0 Å². The molecule has 0 fully saturated rings. The van der Waals surface area contributed by atoms with Crippen LogP contribution in [0.1, 0.15) is 47.5 Å². The largest absolute Gasteiger partial charge is 0.305 e. The van der Waals surface area contributed by atoms with E-state index in [0.29, 0.717) is 18.6 Å². The predicted molar refractivity (Wildman–Crippen MR) is 69.9 cm³/mol. The van der Waals surface area contributed by atoms with E-state index in [2.05, 4.69) is 6.58 Å². The average molecular weight is 225 g/mol. The van der Waals surface area contributed by atoms with Crippen LogP contribution in [-0.2, 0) is 0 Å². The van der Waals surface area contributed by atoms with Crippen molar-refractivity contribution in [3.05, 3.63) is 23.8 Å². The Bertz CT molecular complexity index is 300. The Balaban J connectivity index is 4.98. The van der Waals surface area contributed by atoms with Crippen LogP contribution in [0.5, 0.6) is 0 Å². The molecular formula is C14H24FN. The van der Waals surface area contributed by atoms with E-state index in [1.54, 1.807) is 13.8 Å². The second kappa shape index (κ2) is 5.97. The van der Waals surface area contributed by atoms with E-state index in [9.17, 15) is 4.39 Å². The molecule has 16 heavy (non-hydrogen) atoms. The second-order valence-corrected chi connectivity index (χ2v) is 4.67. The minimum absolute atomic E-state index is 0.205. The molecule has 2 heteroatoms. The highest BCUT2D eigenvalue weighted by atomic mass is 19.1. The third-order valence-corrected chi connectivity index (χ3v) is 3.27. The number of halogens is 1. The number of allylic oxidation sites excluding steroid dienone is 3. The summed E-state index contributed by atoms with van der Waals surface area (Å²) in [5, 5.41) is 7.63. The van der Waals surface area contributed by atoms with Gasteiger partial charge in [-0.25, -0.2) is 4.39 Å². The Morgan fingerprint density at radius 1 is 1.50 bits per heavy atom. The molecule has 1 nitrogen and oxygen atoms in total. The van der Waals surface area contributed by atoms with Gasteiger partial charge in [-0.3, -0.25) is 0 Å². The molecular weight excluding hydrogens is 201 g/mol. The highest BCUT2D eigenvalue weighted by Crippen LogP contribution is 2.35. The van der Waals surface area contributed by atoms with Gasteiger partial charge in [0.15, 0.2) is 0 Å². The smallest absolute Gasteiger partial charge is 0.114 e. The van der Waals surface area contributed by atoms with Gasteiger partial charge in [-0.1, -0.05) is 25.2 Å². The van der Waals surface area contributed by atoms with Gasteiger partial charge in [0, 0.05) is 11.6 Å². The normalized spacial score (nSPS) is 17.8. The summed E-state index contributed by atoms with van der Waals surface area (Å²) in [6.07, 6.45) is 2.94. The first-order chi connectivity index (χ1) is 7.26. The van der Waals surface area contributed by atoms with Crippen molar-refractivity contribution in [2.75, 3.05) is 0 Å². The minimum Gasteiger partial charge on any atom is -0.305 e. The summed E-state index contributed by atoms with van der Waals surface area (Å²) in [5.41, 5.74) is 1.04. The van der Waals surface area contributed by atoms with Crippen molar-refractivity contribution >= 4 is 5.71 Å². The van der Waals surface area contributed by atoms with Gasteiger partial charge in [0.2, 0.25) is 0 Å². The van der Waals surface area contributed by atoms with Crippen LogP contribution < -0.4 is 0 Å². The van der Waals surface area contributed by atoms with Gasteiger partial charge in [0.05, 0.1) is 0 Å². The summed E-state index contributed by atoms with van der Waals surface area (Å²) < 4.78 is 14.3. The van der Waals surface area contributed by atoms with Gasteiger partial charge in [0.25, 0.3) is 0 Å². The summed E-state index contributed by atoms with van der Waals surface area (Å²) >= 11 is 0. The third-order valence-electron chi connectivity index (χ3n) is 3.27. The van der Waals surface area contributed by atoms with E-state index in [-0.39, 0.29) is 5.92 Å². The maximum atomic E-state index is 14.3. The highest BCUT2D eigenvalue weighted by molar-refractivity contribution is 5.95. The fourth-order valence-corrected chi connectivity index (χ4v) is 1.85. The van der Waals surface area contributed by atoms with Gasteiger partial charge in [0.1, 0.15) is 5.67 Å².